The summed E-state index contributed by atoms with van der Waals surface area (Å²) in [5, 5.41) is 5.60. The Morgan fingerprint density at radius 2 is 1.73 bits per heavy atom. The number of nitrogens with one attached hydrogen (secondary N) is 2. The minimum atomic E-state index is -4.51. The number of rotatable bonds is 5. The van der Waals surface area contributed by atoms with Gasteiger partial charge in [-0.2, -0.15) is 18.2 Å². The van der Waals surface area contributed by atoms with E-state index < -0.39 is 11.9 Å². The van der Waals surface area contributed by atoms with Crippen LogP contribution in [0.4, 0.5) is 24.9 Å². The highest BCUT2D eigenvalue weighted by Crippen LogP contribution is 2.29. The van der Waals surface area contributed by atoms with E-state index in [-0.39, 0.29) is 11.8 Å². The molecule has 22 heavy (non-hydrogen) atoms. The van der Waals surface area contributed by atoms with Crippen LogP contribution < -0.4 is 10.6 Å². The minimum Gasteiger partial charge on any atom is -0.366 e. The summed E-state index contributed by atoms with van der Waals surface area (Å²) in [7, 11) is 0. The van der Waals surface area contributed by atoms with E-state index in [2.05, 4.69) is 20.6 Å². The smallest absolute Gasteiger partial charge is 0.366 e. The van der Waals surface area contributed by atoms with Crippen molar-refractivity contribution in [3.05, 3.63) is 47.2 Å². The van der Waals surface area contributed by atoms with Gasteiger partial charge in [-0.3, -0.25) is 0 Å². The summed E-state index contributed by atoms with van der Waals surface area (Å²) in [6.45, 7) is 4.57. The maximum atomic E-state index is 12.8. The van der Waals surface area contributed by atoms with E-state index in [1.54, 1.807) is 6.92 Å². The van der Waals surface area contributed by atoms with Crippen LogP contribution in [0.25, 0.3) is 0 Å². The molecular weight excluding hydrogens is 293 g/mol. The molecule has 0 atom stereocenters. The number of nitrogens with zero attached hydrogens (tertiary/aromatic N) is 2. The van der Waals surface area contributed by atoms with E-state index in [0.29, 0.717) is 13.1 Å². The summed E-state index contributed by atoms with van der Waals surface area (Å²) in [5.74, 6) is 0.0996. The second-order valence-corrected chi connectivity index (χ2v) is 4.83. The molecule has 0 bridgehead atoms. The summed E-state index contributed by atoms with van der Waals surface area (Å²) in [6.07, 6.45) is -4.51. The third kappa shape index (κ3) is 4.34. The van der Waals surface area contributed by atoms with Crippen LogP contribution in [0.15, 0.2) is 30.3 Å². The predicted octanol–water partition coefficient (Wildman–Crippen LogP) is 3.85. The Morgan fingerprint density at radius 1 is 1.05 bits per heavy atom. The number of hydrogen-bond acceptors (Lipinski definition) is 4. The molecule has 118 valence electrons. The molecule has 2 rings (SSSR count). The summed E-state index contributed by atoms with van der Waals surface area (Å²) in [4.78, 5) is 7.51. The van der Waals surface area contributed by atoms with E-state index in [4.69, 9.17) is 0 Å². The molecule has 1 aromatic heterocycles. The Kier molecular flexibility index (Phi) is 4.85. The fourth-order valence-electron chi connectivity index (χ4n) is 1.82. The number of aryl methyl sites for hydroxylation is 1. The highest BCUT2D eigenvalue weighted by molar-refractivity contribution is 5.43. The lowest BCUT2D eigenvalue weighted by molar-refractivity contribution is -0.141. The maximum Gasteiger partial charge on any atom is 0.433 e. The van der Waals surface area contributed by atoms with Crippen LogP contribution in [0.1, 0.15) is 23.7 Å². The van der Waals surface area contributed by atoms with Crippen molar-refractivity contribution < 1.29 is 13.2 Å². The van der Waals surface area contributed by atoms with Crippen LogP contribution in [0.3, 0.4) is 0 Å². The van der Waals surface area contributed by atoms with Gasteiger partial charge in [0.2, 0.25) is 5.95 Å². The second kappa shape index (κ2) is 6.64. The lowest BCUT2D eigenvalue weighted by Gasteiger charge is -2.12. The van der Waals surface area contributed by atoms with Crippen LogP contribution in [0.2, 0.25) is 0 Å². The number of benzene rings is 1. The third-order valence-corrected chi connectivity index (χ3v) is 2.95. The van der Waals surface area contributed by atoms with Gasteiger partial charge < -0.3 is 10.6 Å². The first-order valence-electron chi connectivity index (χ1n) is 6.88. The monoisotopic (exact) mass is 310 g/mol. The van der Waals surface area contributed by atoms with E-state index in [9.17, 15) is 13.2 Å². The van der Waals surface area contributed by atoms with Crippen LogP contribution in [-0.2, 0) is 12.7 Å². The van der Waals surface area contributed by atoms with Crippen molar-refractivity contribution in [2.45, 2.75) is 26.6 Å². The van der Waals surface area contributed by atoms with Crippen LogP contribution >= 0.6 is 0 Å². The predicted molar refractivity (Wildman–Crippen MR) is 79.7 cm³/mol. The van der Waals surface area contributed by atoms with Crippen LogP contribution in [-0.4, -0.2) is 16.5 Å². The van der Waals surface area contributed by atoms with Crippen LogP contribution in [0.5, 0.6) is 0 Å². The molecule has 0 spiro atoms. The number of aromatic nitrogens is 2. The molecule has 0 aliphatic heterocycles. The lowest BCUT2D eigenvalue weighted by Crippen LogP contribution is -2.14. The zero-order chi connectivity index (χ0) is 16.2. The summed E-state index contributed by atoms with van der Waals surface area (Å²) in [6, 6.07) is 8.64. The van der Waals surface area contributed by atoms with Crippen molar-refractivity contribution in [1.29, 1.82) is 0 Å². The fraction of sp³-hybridized carbons (Fsp3) is 0.333. The molecule has 0 amide bonds. The molecule has 0 aliphatic rings. The number of halogens is 3. The zero-order valence-corrected chi connectivity index (χ0v) is 12.3. The van der Waals surface area contributed by atoms with Gasteiger partial charge in [0.15, 0.2) is 5.69 Å². The first-order valence-corrected chi connectivity index (χ1v) is 6.88. The average molecular weight is 310 g/mol. The van der Waals surface area contributed by atoms with Gasteiger partial charge in [-0.1, -0.05) is 29.8 Å². The maximum absolute atomic E-state index is 12.8. The van der Waals surface area contributed by atoms with Crippen molar-refractivity contribution >= 4 is 11.8 Å². The molecule has 4 nitrogen and oxygen atoms in total. The normalized spacial score (nSPS) is 11.3. The second-order valence-electron chi connectivity index (χ2n) is 4.83. The zero-order valence-electron chi connectivity index (χ0n) is 12.3. The molecular formula is C15H17F3N4. The molecule has 1 aromatic carbocycles. The van der Waals surface area contributed by atoms with Crippen molar-refractivity contribution in [2.24, 2.45) is 0 Å². The molecule has 2 aromatic rings. The molecule has 0 radical (unpaired) electrons. The number of hydrogen-bond donors (Lipinski definition) is 2. The number of alkyl halides is 3. The van der Waals surface area contributed by atoms with Gasteiger partial charge in [-0.25, -0.2) is 4.98 Å². The molecule has 0 aliphatic carbocycles. The molecule has 2 N–H and O–H groups in total. The molecule has 0 fully saturated rings. The average Bonchev–Trinajstić information content (AvgIpc) is 2.46. The summed E-state index contributed by atoms with van der Waals surface area (Å²) < 4.78 is 38.5. The molecule has 0 unspecified atom stereocenters. The Morgan fingerprint density at radius 3 is 2.32 bits per heavy atom. The van der Waals surface area contributed by atoms with Crippen molar-refractivity contribution in [2.75, 3.05) is 17.2 Å². The Balaban J connectivity index is 2.18. The van der Waals surface area contributed by atoms with Crippen molar-refractivity contribution in [3.8, 4) is 0 Å². The minimum absolute atomic E-state index is 0.0382. The molecule has 0 saturated carbocycles. The van der Waals surface area contributed by atoms with Gasteiger partial charge in [0, 0.05) is 19.2 Å². The van der Waals surface area contributed by atoms with Crippen LogP contribution in [0, 0.1) is 6.92 Å². The highest BCUT2D eigenvalue weighted by Gasteiger charge is 2.33. The Bertz CT molecular complexity index is 624. The van der Waals surface area contributed by atoms with Gasteiger partial charge in [0.1, 0.15) is 5.82 Å². The standard InChI is InChI=1S/C15H17F3N4/c1-3-19-14-21-12(15(16,17)18)8-13(22-14)20-9-11-6-4-10(2)5-7-11/h4-8H,3,9H2,1-2H3,(H2,19,20,21,22). The van der Waals surface area contributed by atoms with E-state index in [1.807, 2.05) is 31.2 Å². The molecule has 1 heterocycles. The lowest BCUT2D eigenvalue weighted by atomic mass is 10.1. The van der Waals surface area contributed by atoms with E-state index >= 15 is 0 Å². The largest absolute Gasteiger partial charge is 0.433 e. The molecule has 0 saturated heterocycles. The van der Waals surface area contributed by atoms with Gasteiger partial charge in [0.05, 0.1) is 0 Å². The number of anilines is 2. The Hall–Kier alpha value is -2.31. The third-order valence-electron chi connectivity index (χ3n) is 2.95. The Labute approximate surface area is 126 Å². The van der Waals surface area contributed by atoms with Gasteiger partial charge in [0.25, 0.3) is 0 Å². The van der Waals surface area contributed by atoms with Crippen molar-refractivity contribution in [1.82, 2.24) is 9.97 Å². The first kappa shape index (κ1) is 16.1. The first-order chi connectivity index (χ1) is 10.4. The van der Waals surface area contributed by atoms with Gasteiger partial charge in [-0.05, 0) is 19.4 Å². The van der Waals surface area contributed by atoms with E-state index in [1.165, 1.54) is 0 Å². The van der Waals surface area contributed by atoms with E-state index in [0.717, 1.165) is 17.2 Å². The van der Waals surface area contributed by atoms with Gasteiger partial charge >= 0.3 is 6.18 Å². The van der Waals surface area contributed by atoms with Gasteiger partial charge in [-0.15, -0.1) is 0 Å². The topological polar surface area (TPSA) is 49.8 Å². The molecule has 7 heteroatoms. The quantitative estimate of drug-likeness (QED) is 0.881. The fourth-order valence-corrected chi connectivity index (χ4v) is 1.82. The SMILES string of the molecule is CCNc1nc(NCc2ccc(C)cc2)cc(C(F)(F)F)n1. The summed E-state index contributed by atoms with van der Waals surface area (Å²) in [5.41, 5.74) is 1.12. The van der Waals surface area contributed by atoms with Crippen molar-refractivity contribution in [3.63, 3.8) is 0 Å². The summed E-state index contributed by atoms with van der Waals surface area (Å²) >= 11 is 0. The highest BCUT2D eigenvalue weighted by atomic mass is 19.4.